The number of rotatable bonds is 6. The smallest absolute Gasteiger partial charge is 0.251 e. The number of carbonyl (C=O) groups is 1. The van der Waals surface area contributed by atoms with Gasteiger partial charge < -0.3 is 11.1 Å². The Hall–Kier alpha value is -0.680. The zero-order valence-corrected chi connectivity index (χ0v) is 12.2. The van der Waals surface area contributed by atoms with E-state index in [4.69, 9.17) is 5.73 Å². The van der Waals surface area contributed by atoms with Crippen molar-refractivity contribution in [3.05, 3.63) is 28.2 Å². The van der Waals surface area contributed by atoms with E-state index in [1.807, 2.05) is 11.8 Å². The molecule has 0 aromatic heterocycles. The average molecular weight is 317 g/mol. The van der Waals surface area contributed by atoms with Crippen LogP contribution in [0.2, 0.25) is 0 Å². The van der Waals surface area contributed by atoms with Gasteiger partial charge >= 0.3 is 0 Å². The van der Waals surface area contributed by atoms with E-state index in [9.17, 15) is 4.79 Å². The van der Waals surface area contributed by atoms with Crippen molar-refractivity contribution in [3.63, 3.8) is 0 Å². The van der Waals surface area contributed by atoms with Gasteiger partial charge in [-0.25, -0.2) is 0 Å². The molecule has 0 fully saturated rings. The van der Waals surface area contributed by atoms with E-state index < -0.39 is 0 Å². The summed E-state index contributed by atoms with van der Waals surface area (Å²) in [4.78, 5) is 11.8. The number of thioether (sulfide) groups is 1. The first-order chi connectivity index (χ1) is 8.13. The van der Waals surface area contributed by atoms with Gasteiger partial charge in [0.2, 0.25) is 0 Å². The minimum absolute atomic E-state index is 0.0675. The molecule has 5 heteroatoms. The first kappa shape index (κ1) is 14.4. The molecule has 0 aliphatic heterocycles. The van der Waals surface area contributed by atoms with E-state index in [1.165, 1.54) is 0 Å². The number of nitrogens with two attached hydrogens (primary N) is 1. The molecule has 0 bridgehead atoms. The fourth-order valence-electron chi connectivity index (χ4n) is 1.42. The lowest BCUT2D eigenvalue weighted by Gasteiger charge is -2.06. The summed E-state index contributed by atoms with van der Waals surface area (Å²) in [6.07, 6.45) is 4.22. The molecule has 3 nitrogen and oxygen atoms in total. The van der Waals surface area contributed by atoms with Crippen LogP contribution in [-0.2, 0) is 0 Å². The van der Waals surface area contributed by atoms with Crippen molar-refractivity contribution in [2.45, 2.75) is 12.8 Å². The van der Waals surface area contributed by atoms with E-state index in [-0.39, 0.29) is 5.91 Å². The lowest BCUT2D eigenvalue weighted by molar-refractivity contribution is 0.0953. The number of nitrogen functional groups attached to an aromatic ring is 1. The lowest BCUT2D eigenvalue weighted by Crippen LogP contribution is -2.24. The van der Waals surface area contributed by atoms with Gasteiger partial charge in [-0.05, 0) is 43.0 Å². The molecule has 0 saturated heterocycles. The van der Waals surface area contributed by atoms with Crippen LogP contribution in [-0.4, -0.2) is 24.5 Å². The summed E-state index contributed by atoms with van der Waals surface area (Å²) in [7, 11) is 0. The number of amides is 1. The van der Waals surface area contributed by atoms with Gasteiger partial charge in [-0.15, -0.1) is 0 Å². The van der Waals surface area contributed by atoms with Crippen molar-refractivity contribution < 1.29 is 4.79 Å². The lowest BCUT2D eigenvalue weighted by atomic mass is 10.2. The van der Waals surface area contributed by atoms with Gasteiger partial charge in [0, 0.05) is 22.3 Å². The predicted octanol–water partition coefficient (Wildman–Crippen LogP) is 2.90. The third-order valence-electron chi connectivity index (χ3n) is 2.24. The highest BCUT2D eigenvalue weighted by Gasteiger charge is 2.06. The first-order valence-electron chi connectivity index (χ1n) is 5.46. The Bertz CT molecular complexity index is 365. The minimum Gasteiger partial charge on any atom is -0.399 e. The molecule has 0 atom stereocenters. The average Bonchev–Trinajstić information content (AvgIpc) is 2.27. The maximum Gasteiger partial charge on any atom is 0.251 e. The molecular formula is C12H17BrN2OS. The van der Waals surface area contributed by atoms with Crippen molar-refractivity contribution >= 4 is 39.3 Å². The normalized spacial score (nSPS) is 10.2. The van der Waals surface area contributed by atoms with Crippen LogP contribution in [0.5, 0.6) is 0 Å². The van der Waals surface area contributed by atoms with Gasteiger partial charge in [-0.1, -0.05) is 15.9 Å². The number of halogens is 1. The summed E-state index contributed by atoms with van der Waals surface area (Å²) >= 11 is 5.15. The number of benzene rings is 1. The molecule has 0 radical (unpaired) electrons. The number of carbonyl (C=O) groups excluding carboxylic acids is 1. The van der Waals surface area contributed by atoms with Crippen molar-refractivity contribution in [1.82, 2.24) is 5.32 Å². The molecule has 1 aromatic carbocycles. The van der Waals surface area contributed by atoms with Crippen molar-refractivity contribution in [3.8, 4) is 0 Å². The van der Waals surface area contributed by atoms with E-state index in [2.05, 4.69) is 27.5 Å². The number of nitrogens with one attached hydrogen (secondary N) is 1. The van der Waals surface area contributed by atoms with Crippen LogP contribution in [0.25, 0.3) is 0 Å². The van der Waals surface area contributed by atoms with E-state index in [1.54, 1.807) is 18.2 Å². The maximum absolute atomic E-state index is 11.8. The number of unbranched alkanes of at least 4 members (excludes halogenated alkanes) is 1. The number of anilines is 1. The molecule has 0 aliphatic carbocycles. The zero-order chi connectivity index (χ0) is 12.7. The summed E-state index contributed by atoms with van der Waals surface area (Å²) in [6.45, 7) is 0.714. The standard InChI is InChI=1S/C12H17BrN2OS/c1-17-5-3-2-4-15-12(16)9-6-10(13)8-11(14)7-9/h6-8H,2-5,14H2,1H3,(H,15,16). The van der Waals surface area contributed by atoms with E-state index in [0.717, 1.165) is 23.1 Å². The van der Waals surface area contributed by atoms with Gasteiger partial charge in [-0.2, -0.15) is 11.8 Å². The Morgan fingerprint density at radius 2 is 2.18 bits per heavy atom. The Balaban J connectivity index is 2.41. The molecule has 0 heterocycles. The van der Waals surface area contributed by atoms with Gasteiger partial charge in [0.15, 0.2) is 0 Å². The fraction of sp³-hybridized carbons (Fsp3) is 0.417. The molecule has 17 heavy (non-hydrogen) atoms. The topological polar surface area (TPSA) is 55.1 Å². The van der Waals surface area contributed by atoms with Crippen LogP contribution in [0, 0.1) is 0 Å². The second-order valence-electron chi connectivity index (χ2n) is 3.73. The van der Waals surface area contributed by atoms with Gasteiger partial charge in [-0.3, -0.25) is 4.79 Å². The van der Waals surface area contributed by atoms with Gasteiger partial charge in [0.25, 0.3) is 5.91 Å². The molecule has 0 spiro atoms. The molecule has 1 rings (SSSR count). The van der Waals surface area contributed by atoms with Crippen molar-refractivity contribution in [2.24, 2.45) is 0 Å². The van der Waals surface area contributed by atoms with E-state index in [0.29, 0.717) is 17.8 Å². The molecule has 3 N–H and O–H groups in total. The Labute approximate surface area is 115 Å². The van der Waals surface area contributed by atoms with Crippen LogP contribution in [0.4, 0.5) is 5.69 Å². The van der Waals surface area contributed by atoms with Gasteiger partial charge in [0.1, 0.15) is 0 Å². The largest absolute Gasteiger partial charge is 0.399 e. The molecule has 0 unspecified atom stereocenters. The quantitative estimate of drug-likeness (QED) is 0.626. The fourth-order valence-corrected chi connectivity index (χ4v) is 2.42. The molecule has 1 amide bonds. The summed E-state index contributed by atoms with van der Waals surface area (Å²) in [5, 5.41) is 2.89. The summed E-state index contributed by atoms with van der Waals surface area (Å²) in [5.74, 6) is 1.07. The summed E-state index contributed by atoms with van der Waals surface area (Å²) in [5.41, 5.74) is 6.87. The second kappa shape index (κ2) is 7.61. The first-order valence-corrected chi connectivity index (χ1v) is 7.65. The third kappa shape index (κ3) is 5.46. The highest BCUT2D eigenvalue weighted by Crippen LogP contribution is 2.17. The Kier molecular flexibility index (Phi) is 6.44. The number of hydrogen-bond acceptors (Lipinski definition) is 3. The van der Waals surface area contributed by atoms with Crippen LogP contribution in [0.15, 0.2) is 22.7 Å². The highest BCUT2D eigenvalue weighted by atomic mass is 79.9. The van der Waals surface area contributed by atoms with Crippen molar-refractivity contribution in [2.75, 3.05) is 24.3 Å². The zero-order valence-electron chi connectivity index (χ0n) is 9.83. The van der Waals surface area contributed by atoms with Gasteiger partial charge in [0.05, 0.1) is 0 Å². The molecular weight excluding hydrogens is 300 g/mol. The Morgan fingerprint density at radius 1 is 1.41 bits per heavy atom. The Morgan fingerprint density at radius 3 is 2.82 bits per heavy atom. The predicted molar refractivity (Wildman–Crippen MR) is 78.5 cm³/mol. The van der Waals surface area contributed by atoms with E-state index >= 15 is 0 Å². The summed E-state index contributed by atoms with van der Waals surface area (Å²) in [6, 6.07) is 5.23. The molecule has 1 aromatic rings. The highest BCUT2D eigenvalue weighted by molar-refractivity contribution is 9.10. The number of hydrogen-bond donors (Lipinski definition) is 2. The van der Waals surface area contributed by atoms with Crippen LogP contribution in [0.1, 0.15) is 23.2 Å². The van der Waals surface area contributed by atoms with Crippen LogP contribution in [0.3, 0.4) is 0 Å². The molecule has 0 saturated carbocycles. The van der Waals surface area contributed by atoms with Crippen molar-refractivity contribution in [1.29, 1.82) is 0 Å². The molecule has 0 aliphatic rings. The summed E-state index contributed by atoms with van der Waals surface area (Å²) < 4.78 is 0.824. The minimum atomic E-state index is -0.0675. The maximum atomic E-state index is 11.8. The molecule has 94 valence electrons. The SMILES string of the molecule is CSCCCCNC(=O)c1cc(N)cc(Br)c1. The third-order valence-corrected chi connectivity index (χ3v) is 3.40. The van der Waals surface area contributed by atoms with Crippen LogP contribution >= 0.6 is 27.7 Å². The second-order valence-corrected chi connectivity index (χ2v) is 5.63. The monoisotopic (exact) mass is 316 g/mol. The van der Waals surface area contributed by atoms with Crippen LogP contribution < -0.4 is 11.1 Å².